The molecular formula is C16H34N2O. The molecular weight excluding hydrogens is 236 g/mol. The Labute approximate surface area is 120 Å². The molecule has 1 aliphatic carbocycles. The van der Waals surface area contributed by atoms with E-state index in [0.29, 0.717) is 17.5 Å². The molecule has 0 amide bonds. The van der Waals surface area contributed by atoms with E-state index in [0.717, 1.165) is 13.2 Å². The second-order valence-corrected chi connectivity index (χ2v) is 6.80. The van der Waals surface area contributed by atoms with Gasteiger partial charge in [-0.15, -0.1) is 0 Å². The highest BCUT2D eigenvalue weighted by molar-refractivity contribution is 4.90. The van der Waals surface area contributed by atoms with Crippen LogP contribution in [-0.4, -0.2) is 50.3 Å². The zero-order chi connectivity index (χ0) is 14.3. The van der Waals surface area contributed by atoms with Gasteiger partial charge in [0, 0.05) is 38.8 Å². The zero-order valence-corrected chi connectivity index (χ0v) is 13.7. The number of hydrogen-bond donors (Lipinski definition) is 1. The molecule has 1 saturated carbocycles. The fourth-order valence-corrected chi connectivity index (χ4v) is 3.10. The molecule has 1 aliphatic rings. The summed E-state index contributed by atoms with van der Waals surface area (Å²) in [7, 11) is 1.80. The fourth-order valence-electron chi connectivity index (χ4n) is 3.10. The summed E-state index contributed by atoms with van der Waals surface area (Å²) in [4.78, 5) is 2.59. The van der Waals surface area contributed by atoms with Gasteiger partial charge in [0.05, 0.1) is 6.61 Å². The van der Waals surface area contributed by atoms with Crippen molar-refractivity contribution in [1.29, 1.82) is 0 Å². The highest BCUT2D eigenvalue weighted by Gasteiger charge is 2.35. The molecule has 0 heterocycles. The quantitative estimate of drug-likeness (QED) is 0.697. The van der Waals surface area contributed by atoms with Crippen LogP contribution in [0.5, 0.6) is 0 Å². The molecule has 0 spiro atoms. The Hall–Kier alpha value is -0.120. The van der Waals surface area contributed by atoms with Crippen LogP contribution in [0.4, 0.5) is 0 Å². The van der Waals surface area contributed by atoms with Gasteiger partial charge in [0.2, 0.25) is 0 Å². The first-order valence-electron chi connectivity index (χ1n) is 7.95. The minimum atomic E-state index is 0.488. The molecule has 3 nitrogen and oxygen atoms in total. The van der Waals surface area contributed by atoms with Gasteiger partial charge in [-0.25, -0.2) is 0 Å². The highest BCUT2D eigenvalue weighted by Crippen LogP contribution is 2.38. The third kappa shape index (κ3) is 5.80. The van der Waals surface area contributed by atoms with Gasteiger partial charge < -0.3 is 10.1 Å². The van der Waals surface area contributed by atoms with Gasteiger partial charge in [-0.1, -0.05) is 26.7 Å². The van der Waals surface area contributed by atoms with E-state index in [2.05, 4.69) is 37.9 Å². The maximum atomic E-state index is 5.26. The summed E-state index contributed by atoms with van der Waals surface area (Å²) in [5.74, 6) is 0. The van der Waals surface area contributed by atoms with E-state index < -0.39 is 0 Å². The minimum Gasteiger partial charge on any atom is -0.383 e. The first-order chi connectivity index (χ1) is 8.99. The van der Waals surface area contributed by atoms with E-state index in [1.165, 1.54) is 38.8 Å². The lowest BCUT2D eigenvalue weighted by Crippen LogP contribution is -2.47. The van der Waals surface area contributed by atoms with Crippen LogP contribution in [-0.2, 0) is 4.74 Å². The Morgan fingerprint density at radius 2 is 1.79 bits per heavy atom. The van der Waals surface area contributed by atoms with Gasteiger partial charge in [-0.3, -0.25) is 4.90 Å². The third-order valence-corrected chi connectivity index (χ3v) is 4.40. The lowest BCUT2D eigenvalue weighted by molar-refractivity contribution is 0.0838. The fraction of sp³-hybridized carbons (Fsp3) is 1.00. The molecule has 0 aromatic rings. The second kappa shape index (κ2) is 8.23. The molecule has 0 unspecified atom stereocenters. The van der Waals surface area contributed by atoms with Crippen LogP contribution < -0.4 is 5.32 Å². The van der Waals surface area contributed by atoms with E-state index in [1.807, 2.05) is 0 Å². The van der Waals surface area contributed by atoms with Gasteiger partial charge in [0.25, 0.3) is 0 Å². The monoisotopic (exact) mass is 270 g/mol. The number of ether oxygens (including phenoxy) is 1. The summed E-state index contributed by atoms with van der Waals surface area (Å²) in [6.45, 7) is 13.4. The Bertz CT molecular complexity index is 235. The van der Waals surface area contributed by atoms with Crippen molar-refractivity contribution in [2.24, 2.45) is 5.41 Å². The number of hydrogen-bond acceptors (Lipinski definition) is 3. The standard InChI is InChI=1S/C16H34N2O/c1-14(2)17-12-16(8-6-7-9-16)13-18(15(3)4)10-11-19-5/h14-15,17H,6-13H2,1-5H3. The molecule has 1 rings (SSSR count). The summed E-state index contributed by atoms with van der Waals surface area (Å²) in [5.41, 5.74) is 0.488. The number of nitrogens with zero attached hydrogens (tertiary/aromatic N) is 1. The average molecular weight is 270 g/mol. The normalized spacial score (nSPS) is 18.9. The van der Waals surface area contributed by atoms with Crippen molar-refractivity contribution in [3.63, 3.8) is 0 Å². The lowest BCUT2D eigenvalue weighted by atomic mass is 9.84. The SMILES string of the molecule is COCCN(CC1(CNC(C)C)CCCC1)C(C)C. The van der Waals surface area contributed by atoms with Crippen molar-refractivity contribution in [1.82, 2.24) is 10.2 Å². The van der Waals surface area contributed by atoms with Gasteiger partial charge in [0.15, 0.2) is 0 Å². The predicted molar refractivity (Wildman–Crippen MR) is 82.6 cm³/mol. The molecule has 0 saturated heterocycles. The summed E-state index contributed by atoms with van der Waals surface area (Å²) in [5, 5.41) is 3.67. The molecule has 0 radical (unpaired) electrons. The van der Waals surface area contributed by atoms with E-state index in [-0.39, 0.29) is 0 Å². The lowest BCUT2D eigenvalue weighted by Gasteiger charge is -2.38. The van der Waals surface area contributed by atoms with Crippen molar-refractivity contribution in [2.45, 2.75) is 65.5 Å². The molecule has 0 bridgehead atoms. The number of methoxy groups -OCH3 is 1. The molecule has 3 heteroatoms. The molecule has 1 N–H and O–H groups in total. The van der Waals surface area contributed by atoms with Crippen molar-refractivity contribution in [2.75, 3.05) is 33.4 Å². The van der Waals surface area contributed by atoms with Crippen LogP contribution in [0.15, 0.2) is 0 Å². The Balaban J connectivity index is 2.58. The van der Waals surface area contributed by atoms with Crippen LogP contribution in [0.2, 0.25) is 0 Å². The first-order valence-corrected chi connectivity index (χ1v) is 7.95. The predicted octanol–water partition coefficient (Wildman–Crippen LogP) is 2.90. The van der Waals surface area contributed by atoms with E-state index in [1.54, 1.807) is 7.11 Å². The van der Waals surface area contributed by atoms with E-state index >= 15 is 0 Å². The molecule has 114 valence electrons. The van der Waals surface area contributed by atoms with Gasteiger partial charge in [-0.2, -0.15) is 0 Å². The number of rotatable bonds is 9. The maximum Gasteiger partial charge on any atom is 0.0589 e. The zero-order valence-electron chi connectivity index (χ0n) is 13.7. The topological polar surface area (TPSA) is 24.5 Å². The van der Waals surface area contributed by atoms with Crippen molar-refractivity contribution in [3.05, 3.63) is 0 Å². The van der Waals surface area contributed by atoms with Crippen LogP contribution in [0.3, 0.4) is 0 Å². The molecule has 19 heavy (non-hydrogen) atoms. The Morgan fingerprint density at radius 1 is 1.16 bits per heavy atom. The molecule has 1 fully saturated rings. The Kier molecular flexibility index (Phi) is 7.33. The molecule has 0 aromatic carbocycles. The second-order valence-electron chi connectivity index (χ2n) is 6.80. The highest BCUT2D eigenvalue weighted by atomic mass is 16.5. The van der Waals surface area contributed by atoms with Gasteiger partial charge in [-0.05, 0) is 32.1 Å². The summed E-state index contributed by atoms with van der Waals surface area (Å²) < 4.78 is 5.26. The molecule has 0 atom stereocenters. The van der Waals surface area contributed by atoms with Crippen LogP contribution in [0.1, 0.15) is 53.4 Å². The summed E-state index contributed by atoms with van der Waals surface area (Å²) >= 11 is 0. The van der Waals surface area contributed by atoms with Gasteiger partial charge >= 0.3 is 0 Å². The minimum absolute atomic E-state index is 0.488. The van der Waals surface area contributed by atoms with Gasteiger partial charge in [0.1, 0.15) is 0 Å². The molecule has 0 aliphatic heterocycles. The number of nitrogens with one attached hydrogen (secondary N) is 1. The van der Waals surface area contributed by atoms with Crippen LogP contribution in [0.25, 0.3) is 0 Å². The van der Waals surface area contributed by atoms with Crippen LogP contribution >= 0.6 is 0 Å². The van der Waals surface area contributed by atoms with Crippen molar-refractivity contribution >= 4 is 0 Å². The van der Waals surface area contributed by atoms with E-state index in [9.17, 15) is 0 Å². The smallest absolute Gasteiger partial charge is 0.0589 e. The average Bonchev–Trinajstić information content (AvgIpc) is 2.81. The largest absolute Gasteiger partial charge is 0.383 e. The van der Waals surface area contributed by atoms with E-state index in [4.69, 9.17) is 4.74 Å². The first kappa shape index (κ1) is 16.9. The third-order valence-electron chi connectivity index (χ3n) is 4.40. The van der Waals surface area contributed by atoms with Crippen molar-refractivity contribution < 1.29 is 4.74 Å². The molecule has 0 aromatic heterocycles. The Morgan fingerprint density at radius 3 is 2.26 bits per heavy atom. The van der Waals surface area contributed by atoms with Crippen molar-refractivity contribution in [3.8, 4) is 0 Å². The van der Waals surface area contributed by atoms with Crippen LogP contribution in [0, 0.1) is 5.41 Å². The summed E-state index contributed by atoms with van der Waals surface area (Å²) in [6, 6.07) is 1.19. The summed E-state index contributed by atoms with van der Waals surface area (Å²) in [6.07, 6.45) is 5.55. The maximum absolute atomic E-state index is 5.26.